The number of ether oxygens (including phenoxy) is 2. The minimum Gasteiger partial charge on any atom is -0.489 e. The van der Waals surface area contributed by atoms with Crippen LogP contribution in [-0.4, -0.2) is 72.7 Å². The summed E-state index contributed by atoms with van der Waals surface area (Å²) < 4.78 is 11.8. The lowest BCUT2D eigenvalue weighted by molar-refractivity contribution is 0.0421. The molecule has 3 aliphatic rings. The van der Waals surface area contributed by atoms with E-state index in [1.54, 1.807) is 0 Å². The molecule has 45 heavy (non-hydrogen) atoms. The van der Waals surface area contributed by atoms with Gasteiger partial charge in [-0.1, -0.05) is 37.6 Å². The molecule has 0 unspecified atom stereocenters. The van der Waals surface area contributed by atoms with E-state index >= 15 is 0 Å². The maximum atomic E-state index is 9.71. The number of nitrogens with zero attached hydrogens (tertiary/aromatic N) is 5. The van der Waals surface area contributed by atoms with E-state index in [4.69, 9.17) is 37.7 Å². The molecule has 3 aliphatic heterocycles. The predicted molar refractivity (Wildman–Crippen MR) is 179 cm³/mol. The van der Waals surface area contributed by atoms with E-state index < -0.39 is 5.41 Å². The molecule has 3 saturated heterocycles. The van der Waals surface area contributed by atoms with Gasteiger partial charge in [0.2, 0.25) is 5.95 Å². The van der Waals surface area contributed by atoms with Gasteiger partial charge in [0.15, 0.2) is 5.75 Å². The minimum atomic E-state index is -0.404. The number of nitriles is 1. The molecule has 8 nitrogen and oxygen atoms in total. The number of piperidine rings is 2. The Morgan fingerprint density at radius 3 is 2.47 bits per heavy atom. The Bertz CT molecular complexity index is 1500. The van der Waals surface area contributed by atoms with Gasteiger partial charge in [-0.15, -0.1) is 11.6 Å². The second kappa shape index (κ2) is 13.7. The van der Waals surface area contributed by atoms with Crippen molar-refractivity contribution in [3.8, 4) is 17.6 Å². The summed E-state index contributed by atoms with van der Waals surface area (Å²) in [5, 5.41) is 13.6. The SMILES string of the molecule is CC(C)(c1ccc(OCc2ccnc(N3CC4(CCN(C5CCNCC5)CC4)C3)n2)cc1)c1cc(Cl)c(OCCCl)c(C#N)c1. The van der Waals surface area contributed by atoms with Crippen molar-refractivity contribution in [2.45, 2.75) is 57.6 Å². The minimum absolute atomic E-state index is 0.285. The summed E-state index contributed by atoms with van der Waals surface area (Å²) in [5.74, 6) is 2.25. The Balaban J connectivity index is 1.03. The van der Waals surface area contributed by atoms with Gasteiger partial charge in [0, 0.05) is 36.2 Å². The van der Waals surface area contributed by atoms with Gasteiger partial charge in [0.1, 0.15) is 25.0 Å². The van der Waals surface area contributed by atoms with Crippen LogP contribution in [0.2, 0.25) is 5.02 Å². The monoisotopic (exact) mass is 648 g/mol. The third kappa shape index (κ3) is 7.02. The fourth-order valence-corrected chi connectivity index (χ4v) is 7.34. The smallest absolute Gasteiger partial charge is 0.225 e. The van der Waals surface area contributed by atoms with Crippen LogP contribution in [-0.2, 0) is 12.0 Å². The lowest BCUT2D eigenvalue weighted by Gasteiger charge is -2.55. The van der Waals surface area contributed by atoms with Crippen molar-refractivity contribution >= 4 is 29.2 Å². The molecule has 4 heterocycles. The zero-order valence-electron chi connectivity index (χ0n) is 26.2. The number of anilines is 1. The number of likely N-dealkylation sites (tertiary alicyclic amines) is 1. The van der Waals surface area contributed by atoms with E-state index in [9.17, 15) is 5.26 Å². The van der Waals surface area contributed by atoms with Crippen molar-refractivity contribution in [3.63, 3.8) is 0 Å². The third-order valence-electron chi connectivity index (χ3n) is 9.89. The summed E-state index contributed by atoms with van der Waals surface area (Å²) in [7, 11) is 0. The Hall–Kier alpha value is -3.09. The largest absolute Gasteiger partial charge is 0.489 e. The van der Waals surface area contributed by atoms with E-state index in [1.165, 1.54) is 38.8 Å². The van der Waals surface area contributed by atoms with E-state index in [-0.39, 0.29) is 6.61 Å². The molecule has 2 aromatic carbocycles. The highest BCUT2D eigenvalue weighted by Gasteiger charge is 2.46. The van der Waals surface area contributed by atoms with Crippen molar-refractivity contribution in [2.24, 2.45) is 5.41 Å². The second-order valence-electron chi connectivity index (χ2n) is 13.1. The number of aromatic nitrogens is 2. The summed E-state index contributed by atoms with van der Waals surface area (Å²) in [5.41, 5.74) is 3.26. The lowest BCUT2D eigenvalue weighted by atomic mass is 9.71. The average Bonchev–Trinajstić information content (AvgIpc) is 3.06. The first-order valence-corrected chi connectivity index (χ1v) is 16.9. The van der Waals surface area contributed by atoms with Crippen molar-refractivity contribution in [3.05, 3.63) is 76.1 Å². The fraction of sp³-hybridized carbons (Fsp3) is 0.514. The average molecular weight is 650 g/mol. The normalized spacial score (nSPS) is 18.8. The molecule has 0 amide bonds. The van der Waals surface area contributed by atoms with Crippen LogP contribution >= 0.6 is 23.2 Å². The number of rotatable bonds is 10. The number of hydrogen-bond acceptors (Lipinski definition) is 8. The van der Waals surface area contributed by atoms with Crippen molar-refractivity contribution in [2.75, 3.05) is 56.7 Å². The molecule has 1 aromatic heterocycles. The van der Waals surface area contributed by atoms with Crippen LogP contribution in [0.5, 0.6) is 11.5 Å². The molecule has 6 rings (SSSR count). The van der Waals surface area contributed by atoms with Crippen molar-refractivity contribution in [1.29, 1.82) is 5.26 Å². The Kier molecular flexibility index (Phi) is 9.72. The highest BCUT2D eigenvalue weighted by atomic mass is 35.5. The maximum Gasteiger partial charge on any atom is 0.225 e. The zero-order chi connectivity index (χ0) is 31.4. The molecule has 0 radical (unpaired) electrons. The van der Waals surface area contributed by atoms with E-state index in [0.29, 0.717) is 34.2 Å². The van der Waals surface area contributed by atoms with Crippen LogP contribution in [0.1, 0.15) is 61.9 Å². The lowest BCUT2D eigenvalue weighted by Crippen LogP contribution is -2.62. The van der Waals surface area contributed by atoms with Gasteiger partial charge in [0.05, 0.1) is 22.2 Å². The predicted octanol–water partition coefficient (Wildman–Crippen LogP) is 6.18. The highest BCUT2D eigenvalue weighted by molar-refractivity contribution is 6.32. The maximum absolute atomic E-state index is 9.71. The summed E-state index contributed by atoms with van der Waals surface area (Å²) >= 11 is 12.3. The van der Waals surface area contributed by atoms with Gasteiger partial charge in [-0.3, -0.25) is 0 Å². The Morgan fingerprint density at radius 2 is 1.78 bits per heavy atom. The molecule has 0 saturated carbocycles. The van der Waals surface area contributed by atoms with Crippen molar-refractivity contribution in [1.82, 2.24) is 20.2 Å². The molecule has 10 heteroatoms. The van der Waals surface area contributed by atoms with Gasteiger partial charge in [-0.25, -0.2) is 9.97 Å². The zero-order valence-corrected chi connectivity index (χ0v) is 27.7. The fourth-order valence-electron chi connectivity index (χ4n) is 6.99. The Labute approximate surface area is 276 Å². The van der Waals surface area contributed by atoms with E-state index in [2.05, 4.69) is 52.2 Å². The number of halogens is 2. The summed E-state index contributed by atoms with van der Waals surface area (Å²) in [6.07, 6.45) is 6.94. The molecule has 0 atom stereocenters. The second-order valence-corrected chi connectivity index (χ2v) is 13.9. The van der Waals surface area contributed by atoms with Crippen LogP contribution in [0, 0.1) is 16.7 Å². The number of benzene rings is 2. The molecule has 0 bridgehead atoms. The standard InChI is InChI=1S/C35H42Cl2N6O2/c1-34(2,27-19-25(21-38)32(31(37)20-27)44-18-12-36)26-3-5-30(6-4-26)45-22-28-7-15-40-33(41-28)43-23-35(24-43)10-16-42(17-11-35)29-8-13-39-14-9-29/h3-7,15,19-20,29,39H,8-14,16-18,22-24H2,1-2H3. The molecular weight excluding hydrogens is 607 g/mol. The van der Waals surface area contributed by atoms with Crippen LogP contribution in [0.25, 0.3) is 0 Å². The van der Waals surface area contributed by atoms with Gasteiger partial charge in [0.25, 0.3) is 0 Å². The molecule has 3 aromatic rings. The number of hydrogen-bond donors (Lipinski definition) is 1. The quantitative estimate of drug-likeness (QED) is 0.261. The summed E-state index contributed by atoms with van der Waals surface area (Å²) in [6.45, 7) is 11.7. The van der Waals surface area contributed by atoms with Crippen LogP contribution in [0.15, 0.2) is 48.7 Å². The number of alkyl halides is 1. The van der Waals surface area contributed by atoms with Gasteiger partial charge in [-0.05, 0) is 93.3 Å². The third-order valence-corrected chi connectivity index (χ3v) is 10.3. The molecule has 0 aliphatic carbocycles. The molecule has 238 valence electrons. The highest BCUT2D eigenvalue weighted by Crippen LogP contribution is 2.43. The summed E-state index contributed by atoms with van der Waals surface area (Å²) in [4.78, 5) is 14.5. The number of nitrogens with one attached hydrogen (secondary N) is 1. The molecule has 3 fully saturated rings. The van der Waals surface area contributed by atoms with Crippen LogP contribution < -0.4 is 19.7 Å². The first-order valence-electron chi connectivity index (χ1n) is 16.0. The van der Waals surface area contributed by atoms with Crippen LogP contribution in [0.4, 0.5) is 5.95 Å². The van der Waals surface area contributed by atoms with Gasteiger partial charge < -0.3 is 24.6 Å². The molecular formula is C35H42Cl2N6O2. The topological polar surface area (TPSA) is 86.5 Å². The summed E-state index contributed by atoms with van der Waals surface area (Å²) in [6, 6.07) is 16.6. The van der Waals surface area contributed by atoms with E-state index in [0.717, 1.165) is 60.7 Å². The van der Waals surface area contributed by atoms with Crippen LogP contribution in [0.3, 0.4) is 0 Å². The van der Waals surface area contributed by atoms with Gasteiger partial charge in [-0.2, -0.15) is 5.26 Å². The van der Waals surface area contributed by atoms with Crippen molar-refractivity contribution < 1.29 is 9.47 Å². The Morgan fingerprint density at radius 1 is 1.04 bits per heavy atom. The van der Waals surface area contributed by atoms with E-state index in [1.807, 2.05) is 36.5 Å². The first kappa shape index (κ1) is 31.9. The van der Waals surface area contributed by atoms with Gasteiger partial charge >= 0.3 is 0 Å². The molecule has 1 spiro atoms. The molecule has 1 N–H and O–H groups in total. The first-order chi connectivity index (χ1) is 21.8.